The van der Waals surface area contributed by atoms with Gasteiger partial charge in [-0.1, -0.05) is 12.1 Å². The van der Waals surface area contributed by atoms with Crippen LogP contribution in [0.15, 0.2) is 24.3 Å². The highest BCUT2D eigenvalue weighted by atomic mass is 16.5. The van der Waals surface area contributed by atoms with Gasteiger partial charge in [-0.2, -0.15) is 0 Å². The van der Waals surface area contributed by atoms with Crippen molar-refractivity contribution in [2.24, 2.45) is 0 Å². The molecule has 1 aromatic rings. The molecule has 0 aromatic heterocycles. The van der Waals surface area contributed by atoms with Crippen LogP contribution in [0.4, 0.5) is 0 Å². The fraction of sp³-hybridized carbons (Fsp3) is 0.500. The van der Waals surface area contributed by atoms with Gasteiger partial charge in [-0.15, -0.1) is 0 Å². The molecule has 1 aliphatic rings. The number of amides is 1. The predicted octanol–water partition coefficient (Wildman–Crippen LogP) is 0.487. The van der Waals surface area contributed by atoms with Crippen molar-refractivity contribution in [1.82, 2.24) is 10.2 Å². The lowest BCUT2D eigenvalue weighted by Gasteiger charge is -2.39. The number of carbonyl (C=O) groups excluding carboxylic acids is 1. The standard InChI is InChI=1S/C16H22N2O5/c1-16(15(21)17-2)11-18(7-8-23-16)9-12-3-5-13(6-4-12)22-10-14(19)20/h3-6H,7-11H2,1-2H3,(H,17,21)(H,19,20). The van der Waals surface area contributed by atoms with Crippen LogP contribution in [0.3, 0.4) is 0 Å². The molecule has 7 nitrogen and oxygen atoms in total. The zero-order valence-corrected chi connectivity index (χ0v) is 13.4. The molecule has 2 rings (SSSR count). The van der Waals surface area contributed by atoms with Crippen LogP contribution in [-0.2, 0) is 20.9 Å². The van der Waals surface area contributed by atoms with Gasteiger partial charge in [-0.3, -0.25) is 9.69 Å². The van der Waals surface area contributed by atoms with Crippen LogP contribution in [0.2, 0.25) is 0 Å². The van der Waals surface area contributed by atoms with Crippen LogP contribution in [0, 0.1) is 0 Å². The molecule has 0 radical (unpaired) electrons. The van der Waals surface area contributed by atoms with E-state index in [1.165, 1.54) is 0 Å². The van der Waals surface area contributed by atoms with Gasteiger partial charge in [0.2, 0.25) is 0 Å². The lowest BCUT2D eigenvalue weighted by molar-refractivity contribution is -0.156. The molecule has 1 unspecified atom stereocenters. The smallest absolute Gasteiger partial charge is 0.341 e. The van der Waals surface area contributed by atoms with Crippen molar-refractivity contribution in [3.63, 3.8) is 0 Å². The van der Waals surface area contributed by atoms with Crippen molar-refractivity contribution in [3.8, 4) is 5.75 Å². The number of carboxylic acid groups (broad SMARTS) is 1. The number of carbonyl (C=O) groups is 2. The third kappa shape index (κ3) is 4.67. The van der Waals surface area contributed by atoms with Crippen molar-refractivity contribution >= 4 is 11.9 Å². The van der Waals surface area contributed by atoms with E-state index < -0.39 is 11.6 Å². The Kier molecular flexibility index (Phi) is 5.57. The van der Waals surface area contributed by atoms with E-state index in [1.807, 2.05) is 12.1 Å². The number of hydrogen-bond donors (Lipinski definition) is 2. The third-order valence-electron chi connectivity index (χ3n) is 3.75. The summed E-state index contributed by atoms with van der Waals surface area (Å²) in [5, 5.41) is 11.2. The highest BCUT2D eigenvalue weighted by Gasteiger charge is 2.38. The number of nitrogens with zero attached hydrogens (tertiary/aromatic N) is 1. The summed E-state index contributed by atoms with van der Waals surface area (Å²) in [6.07, 6.45) is 0. The lowest BCUT2D eigenvalue weighted by atomic mass is 10.0. The van der Waals surface area contributed by atoms with E-state index >= 15 is 0 Å². The zero-order chi connectivity index (χ0) is 16.9. The van der Waals surface area contributed by atoms with Crippen molar-refractivity contribution in [2.45, 2.75) is 19.1 Å². The summed E-state index contributed by atoms with van der Waals surface area (Å²) in [6, 6.07) is 7.28. The van der Waals surface area contributed by atoms with Crippen molar-refractivity contribution in [1.29, 1.82) is 0 Å². The number of hydrogen-bond acceptors (Lipinski definition) is 5. The molecule has 1 aliphatic heterocycles. The Morgan fingerprint density at radius 3 is 2.70 bits per heavy atom. The van der Waals surface area contributed by atoms with Gasteiger partial charge in [0.1, 0.15) is 5.75 Å². The summed E-state index contributed by atoms with van der Waals surface area (Å²) in [7, 11) is 1.60. The van der Waals surface area contributed by atoms with Crippen molar-refractivity contribution in [2.75, 3.05) is 33.4 Å². The summed E-state index contributed by atoms with van der Waals surface area (Å²) in [5.74, 6) is -0.608. The van der Waals surface area contributed by atoms with E-state index in [-0.39, 0.29) is 12.5 Å². The maximum Gasteiger partial charge on any atom is 0.341 e. The molecule has 0 aliphatic carbocycles. The second-order valence-electron chi connectivity index (χ2n) is 5.70. The Hall–Kier alpha value is -2.12. The Morgan fingerprint density at radius 1 is 1.39 bits per heavy atom. The topological polar surface area (TPSA) is 88.1 Å². The molecule has 0 saturated carbocycles. The number of rotatable bonds is 6. The molecule has 23 heavy (non-hydrogen) atoms. The average Bonchev–Trinajstić information content (AvgIpc) is 2.53. The highest BCUT2D eigenvalue weighted by molar-refractivity contribution is 5.84. The van der Waals surface area contributed by atoms with Gasteiger partial charge in [-0.25, -0.2) is 4.79 Å². The van der Waals surface area contributed by atoms with E-state index in [0.29, 0.717) is 25.4 Å². The summed E-state index contributed by atoms with van der Waals surface area (Å²) < 4.78 is 10.7. The number of carboxylic acids is 1. The quantitative estimate of drug-likeness (QED) is 0.792. The van der Waals surface area contributed by atoms with Gasteiger partial charge in [-0.05, 0) is 24.6 Å². The minimum absolute atomic E-state index is 0.125. The fourth-order valence-electron chi connectivity index (χ4n) is 2.58. The molecule has 7 heteroatoms. The lowest BCUT2D eigenvalue weighted by Crippen LogP contribution is -2.57. The molecule has 1 amide bonds. The Labute approximate surface area is 135 Å². The van der Waals surface area contributed by atoms with Gasteiger partial charge in [0.25, 0.3) is 5.91 Å². The van der Waals surface area contributed by atoms with Crippen LogP contribution in [0.1, 0.15) is 12.5 Å². The third-order valence-corrected chi connectivity index (χ3v) is 3.75. The Balaban J connectivity index is 1.93. The van der Waals surface area contributed by atoms with Crippen molar-refractivity contribution in [3.05, 3.63) is 29.8 Å². The maximum absolute atomic E-state index is 11.9. The van der Waals surface area contributed by atoms with E-state index in [2.05, 4.69) is 10.2 Å². The Bertz CT molecular complexity index is 560. The minimum Gasteiger partial charge on any atom is -0.482 e. The molecule has 1 aromatic carbocycles. The summed E-state index contributed by atoms with van der Waals surface area (Å²) in [5.41, 5.74) is 0.228. The molecular formula is C16H22N2O5. The number of likely N-dealkylation sites (N-methyl/N-ethyl adjacent to an activating group) is 1. The first kappa shape index (κ1) is 17.2. The zero-order valence-electron chi connectivity index (χ0n) is 13.4. The normalized spacial score (nSPS) is 21.7. The van der Waals surface area contributed by atoms with E-state index in [1.54, 1.807) is 26.1 Å². The predicted molar refractivity (Wildman–Crippen MR) is 83.3 cm³/mol. The molecule has 1 heterocycles. The number of nitrogens with one attached hydrogen (secondary N) is 1. The van der Waals surface area contributed by atoms with E-state index in [4.69, 9.17) is 14.6 Å². The van der Waals surface area contributed by atoms with Crippen LogP contribution in [-0.4, -0.2) is 60.8 Å². The average molecular weight is 322 g/mol. The first-order chi connectivity index (χ1) is 10.9. The monoisotopic (exact) mass is 322 g/mol. The van der Waals surface area contributed by atoms with Crippen LogP contribution >= 0.6 is 0 Å². The fourth-order valence-corrected chi connectivity index (χ4v) is 2.58. The summed E-state index contributed by atoms with van der Waals surface area (Å²) >= 11 is 0. The van der Waals surface area contributed by atoms with Gasteiger partial charge < -0.3 is 19.9 Å². The van der Waals surface area contributed by atoms with E-state index in [0.717, 1.165) is 12.1 Å². The molecule has 0 spiro atoms. The molecule has 1 saturated heterocycles. The number of benzene rings is 1. The second-order valence-corrected chi connectivity index (χ2v) is 5.70. The van der Waals surface area contributed by atoms with Crippen LogP contribution < -0.4 is 10.1 Å². The highest BCUT2D eigenvalue weighted by Crippen LogP contribution is 2.20. The number of ether oxygens (including phenoxy) is 2. The number of aliphatic carboxylic acids is 1. The van der Waals surface area contributed by atoms with Gasteiger partial charge in [0.05, 0.1) is 6.61 Å². The van der Waals surface area contributed by atoms with Gasteiger partial charge in [0, 0.05) is 26.7 Å². The molecule has 126 valence electrons. The van der Waals surface area contributed by atoms with Gasteiger partial charge >= 0.3 is 5.97 Å². The molecule has 1 fully saturated rings. The largest absolute Gasteiger partial charge is 0.482 e. The SMILES string of the molecule is CNC(=O)C1(C)CN(Cc2ccc(OCC(=O)O)cc2)CCO1. The van der Waals surface area contributed by atoms with Crippen molar-refractivity contribution < 1.29 is 24.2 Å². The first-order valence-electron chi connectivity index (χ1n) is 7.45. The summed E-state index contributed by atoms with van der Waals surface area (Å²) in [6.45, 7) is 3.90. The van der Waals surface area contributed by atoms with E-state index in [9.17, 15) is 9.59 Å². The van der Waals surface area contributed by atoms with Crippen LogP contribution in [0.25, 0.3) is 0 Å². The molecular weight excluding hydrogens is 300 g/mol. The Morgan fingerprint density at radius 2 is 2.09 bits per heavy atom. The van der Waals surface area contributed by atoms with Crippen LogP contribution in [0.5, 0.6) is 5.75 Å². The second kappa shape index (κ2) is 7.43. The minimum atomic E-state index is -1.00. The first-order valence-corrected chi connectivity index (χ1v) is 7.45. The summed E-state index contributed by atoms with van der Waals surface area (Å²) in [4.78, 5) is 24.6. The van der Waals surface area contributed by atoms with Gasteiger partial charge in [0.15, 0.2) is 12.2 Å². The molecule has 0 bridgehead atoms. The molecule has 2 N–H and O–H groups in total. The maximum atomic E-state index is 11.9. The number of morpholine rings is 1. The molecule has 1 atom stereocenters.